The number of aromatic nitrogens is 1. The molecule has 2 heterocycles. The van der Waals surface area contributed by atoms with Crippen LogP contribution in [0.1, 0.15) is 23.2 Å². The number of fused-ring (bicyclic) bond motifs is 1. The van der Waals surface area contributed by atoms with Crippen LogP contribution in [0, 0.1) is 10.1 Å². The van der Waals surface area contributed by atoms with E-state index in [4.69, 9.17) is 0 Å². The number of nitro benzene ring substituents is 1. The van der Waals surface area contributed by atoms with Crippen molar-refractivity contribution in [1.82, 2.24) is 9.88 Å². The topological polar surface area (TPSA) is 134 Å². The van der Waals surface area contributed by atoms with Crippen LogP contribution in [0.15, 0.2) is 29.1 Å². The number of hydrogen-bond acceptors (Lipinski definition) is 5. The van der Waals surface area contributed by atoms with E-state index in [2.05, 4.69) is 4.98 Å². The molecule has 1 aliphatic rings. The second kappa shape index (κ2) is 5.76. The molecule has 1 aromatic carbocycles. The lowest BCUT2D eigenvalue weighted by Gasteiger charge is -2.22. The number of nitrogens with one attached hydrogen (secondary N) is 1. The van der Waals surface area contributed by atoms with Gasteiger partial charge in [0.05, 0.1) is 10.5 Å². The number of H-pyrrole nitrogens is 1. The summed E-state index contributed by atoms with van der Waals surface area (Å²) in [5, 5.41) is 20.4. The van der Waals surface area contributed by atoms with Crippen LogP contribution in [-0.2, 0) is 4.79 Å². The molecule has 1 fully saturated rings. The van der Waals surface area contributed by atoms with Gasteiger partial charge in [-0.05, 0) is 18.9 Å². The molecule has 9 heteroatoms. The zero-order chi connectivity index (χ0) is 17.4. The first kappa shape index (κ1) is 15.7. The molecule has 0 bridgehead atoms. The van der Waals surface area contributed by atoms with E-state index in [1.165, 1.54) is 23.1 Å². The predicted molar refractivity (Wildman–Crippen MR) is 82.9 cm³/mol. The van der Waals surface area contributed by atoms with E-state index in [-0.39, 0.29) is 28.7 Å². The first-order valence-corrected chi connectivity index (χ1v) is 7.24. The molecular formula is C15H13N3O6. The lowest BCUT2D eigenvalue weighted by molar-refractivity contribution is -0.384. The van der Waals surface area contributed by atoms with Gasteiger partial charge in [0, 0.05) is 35.6 Å². The van der Waals surface area contributed by atoms with Gasteiger partial charge in [0.25, 0.3) is 11.6 Å². The number of aromatic amines is 1. The molecule has 1 unspecified atom stereocenters. The van der Waals surface area contributed by atoms with Crippen molar-refractivity contribution in [2.24, 2.45) is 0 Å². The molecule has 2 aromatic rings. The highest BCUT2D eigenvalue weighted by Gasteiger charge is 2.35. The first-order chi connectivity index (χ1) is 11.4. The number of nitrogens with zero attached hydrogens (tertiary/aromatic N) is 2. The minimum absolute atomic E-state index is 0.0365. The van der Waals surface area contributed by atoms with Crippen LogP contribution in [0.25, 0.3) is 10.9 Å². The molecule has 0 saturated carbocycles. The van der Waals surface area contributed by atoms with E-state index >= 15 is 0 Å². The molecule has 0 aliphatic carbocycles. The van der Waals surface area contributed by atoms with Crippen LogP contribution in [0.2, 0.25) is 0 Å². The van der Waals surface area contributed by atoms with Crippen molar-refractivity contribution in [3.05, 3.63) is 50.3 Å². The van der Waals surface area contributed by atoms with Gasteiger partial charge in [0.1, 0.15) is 6.04 Å². The van der Waals surface area contributed by atoms with Crippen molar-refractivity contribution in [3.63, 3.8) is 0 Å². The van der Waals surface area contributed by atoms with E-state index in [0.29, 0.717) is 12.8 Å². The van der Waals surface area contributed by atoms with Crippen molar-refractivity contribution in [2.75, 3.05) is 6.54 Å². The highest BCUT2D eigenvalue weighted by Crippen LogP contribution is 2.25. The zero-order valence-electron chi connectivity index (χ0n) is 12.4. The Kier molecular flexibility index (Phi) is 3.76. The molecule has 0 radical (unpaired) electrons. The lowest BCUT2D eigenvalue weighted by Crippen LogP contribution is -2.40. The van der Waals surface area contributed by atoms with Crippen LogP contribution < -0.4 is 5.56 Å². The van der Waals surface area contributed by atoms with Crippen molar-refractivity contribution in [2.45, 2.75) is 18.9 Å². The third-order valence-corrected chi connectivity index (χ3v) is 4.07. The number of amides is 1. The Morgan fingerprint density at radius 2 is 2.08 bits per heavy atom. The van der Waals surface area contributed by atoms with Gasteiger partial charge >= 0.3 is 5.97 Å². The Labute approximate surface area is 134 Å². The molecule has 1 aromatic heterocycles. The summed E-state index contributed by atoms with van der Waals surface area (Å²) in [6.07, 6.45) is 0.881. The number of likely N-dealkylation sites (tertiary alicyclic amines) is 1. The third-order valence-electron chi connectivity index (χ3n) is 4.07. The Bertz CT molecular complexity index is 919. The Morgan fingerprint density at radius 1 is 1.33 bits per heavy atom. The third kappa shape index (κ3) is 2.60. The number of carbonyl (C=O) groups is 2. The minimum Gasteiger partial charge on any atom is -0.480 e. The number of carboxylic acid groups (broad SMARTS) is 1. The average Bonchev–Trinajstić information content (AvgIpc) is 3.02. The second-order valence-corrected chi connectivity index (χ2v) is 5.53. The maximum Gasteiger partial charge on any atom is 0.326 e. The van der Waals surface area contributed by atoms with Crippen LogP contribution in [0.5, 0.6) is 0 Å². The predicted octanol–water partition coefficient (Wildman–Crippen LogP) is 1.13. The number of carboxylic acids is 1. The van der Waals surface area contributed by atoms with Gasteiger partial charge in [-0.15, -0.1) is 0 Å². The van der Waals surface area contributed by atoms with Gasteiger partial charge in [-0.1, -0.05) is 0 Å². The normalized spacial score (nSPS) is 17.2. The number of hydrogen-bond donors (Lipinski definition) is 2. The highest BCUT2D eigenvalue weighted by atomic mass is 16.6. The van der Waals surface area contributed by atoms with E-state index in [9.17, 15) is 29.6 Å². The van der Waals surface area contributed by atoms with Gasteiger partial charge in [-0.2, -0.15) is 0 Å². The van der Waals surface area contributed by atoms with Crippen molar-refractivity contribution >= 4 is 28.5 Å². The second-order valence-electron chi connectivity index (χ2n) is 5.53. The summed E-state index contributed by atoms with van der Waals surface area (Å²) >= 11 is 0. The molecule has 24 heavy (non-hydrogen) atoms. The van der Waals surface area contributed by atoms with Crippen molar-refractivity contribution < 1.29 is 19.6 Å². The van der Waals surface area contributed by atoms with Gasteiger partial charge in [-0.3, -0.25) is 19.7 Å². The zero-order valence-corrected chi connectivity index (χ0v) is 12.4. The fraction of sp³-hybridized carbons (Fsp3) is 0.267. The first-order valence-electron chi connectivity index (χ1n) is 7.24. The highest BCUT2D eigenvalue weighted by molar-refractivity contribution is 6.07. The number of aliphatic carboxylic acids is 1. The molecule has 3 rings (SSSR count). The fourth-order valence-corrected chi connectivity index (χ4v) is 2.95. The van der Waals surface area contributed by atoms with Crippen molar-refractivity contribution in [1.29, 1.82) is 0 Å². The molecule has 124 valence electrons. The van der Waals surface area contributed by atoms with Crippen molar-refractivity contribution in [3.8, 4) is 0 Å². The number of rotatable bonds is 3. The van der Waals surface area contributed by atoms with Crippen LogP contribution in [-0.4, -0.2) is 44.4 Å². The number of pyridine rings is 1. The maximum absolute atomic E-state index is 12.7. The van der Waals surface area contributed by atoms with E-state index in [0.717, 1.165) is 6.07 Å². The molecule has 1 atom stereocenters. The van der Waals surface area contributed by atoms with Gasteiger partial charge in [0.15, 0.2) is 0 Å². The summed E-state index contributed by atoms with van der Waals surface area (Å²) in [4.78, 5) is 49.8. The largest absolute Gasteiger partial charge is 0.480 e. The SMILES string of the molecule is O=C(O)C1CCCN1C(=O)c1cc(=O)[nH]c2ccc([N+](=O)[O-])cc12. The van der Waals surface area contributed by atoms with Gasteiger partial charge < -0.3 is 15.0 Å². The summed E-state index contributed by atoms with van der Waals surface area (Å²) in [6.45, 7) is 0.263. The van der Waals surface area contributed by atoms with E-state index < -0.39 is 28.4 Å². The van der Waals surface area contributed by atoms with Crippen LogP contribution >= 0.6 is 0 Å². The van der Waals surface area contributed by atoms with Crippen LogP contribution in [0.4, 0.5) is 5.69 Å². The number of carbonyl (C=O) groups excluding carboxylic acids is 1. The standard InChI is InChI=1S/C15H13N3O6/c19-13-7-10(14(20)17-5-1-2-12(17)15(21)22)9-6-8(18(23)24)3-4-11(9)16-13/h3-4,6-7,12H,1-2,5H2,(H,16,19)(H,21,22). The molecule has 2 N–H and O–H groups in total. The average molecular weight is 331 g/mol. The number of non-ortho nitro benzene ring substituents is 1. The fourth-order valence-electron chi connectivity index (χ4n) is 2.95. The quantitative estimate of drug-likeness (QED) is 0.639. The van der Waals surface area contributed by atoms with Crippen LogP contribution in [0.3, 0.4) is 0 Å². The summed E-state index contributed by atoms with van der Waals surface area (Å²) < 4.78 is 0. The molecule has 9 nitrogen and oxygen atoms in total. The summed E-state index contributed by atoms with van der Waals surface area (Å²) in [7, 11) is 0. The molecular weight excluding hydrogens is 318 g/mol. The molecule has 1 saturated heterocycles. The smallest absolute Gasteiger partial charge is 0.326 e. The Hall–Kier alpha value is -3.23. The Morgan fingerprint density at radius 3 is 2.75 bits per heavy atom. The maximum atomic E-state index is 12.7. The Balaban J connectivity index is 2.15. The van der Waals surface area contributed by atoms with E-state index in [1.54, 1.807) is 0 Å². The molecule has 1 aliphatic heterocycles. The minimum atomic E-state index is -1.11. The summed E-state index contributed by atoms with van der Waals surface area (Å²) in [5.74, 6) is -1.72. The molecule has 1 amide bonds. The summed E-state index contributed by atoms with van der Waals surface area (Å²) in [5.41, 5.74) is -0.515. The number of benzene rings is 1. The number of nitro groups is 1. The van der Waals surface area contributed by atoms with E-state index in [1.807, 2.05) is 0 Å². The van der Waals surface area contributed by atoms with Gasteiger partial charge in [-0.25, -0.2) is 4.79 Å². The monoisotopic (exact) mass is 331 g/mol. The summed E-state index contributed by atoms with van der Waals surface area (Å²) in [6, 6.07) is 3.87. The lowest BCUT2D eigenvalue weighted by atomic mass is 10.1. The molecule has 0 spiro atoms. The van der Waals surface area contributed by atoms with Gasteiger partial charge in [0.2, 0.25) is 5.56 Å².